The second-order valence-corrected chi connectivity index (χ2v) is 7.05. The van der Waals surface area contributed by atoms with E-state index in [1.54, 1.807) is 42.5 Å². The molecule has 4 aromatic rings. The zero-order chi connectivity index (χ0) is 20.9. The topological polar surface area (TPSA) is 56.5 Å². The van der Waals surface area contributed by atoms with Gasteiger partial charge in [-0.05, 0) is 47.4 Å². The Morgan fingerprint density at radius 2 is 1.57 bits per heavy atom. The number of carbonyl (C=O) groups is 1. The van der Waals surface area contributed by atoms with Crippen LogP contribution in [0.1, 0.15) is 11.1 Å². The van der Waals surface area contributed by atoms with Gasteiger partial charge in [-0.1, -0.05) is 60.1 Å². The smallest absolute Gasteiger partial charge is 0.344 e. The highest BCUT2D eigenvalue weighted by Gasteiger charge is 2.14. The molecule has 0 saturated carbocycles. The second-order valence-electron chi connectivity index (χ2n) is 6.61. The first-order valence-electron chi connectivity index (χ1n) is 9.32. The molecule has 0 aliphatic rings. The fourth-order valence-corrected chi connectivity index (χ4v) is 3.26. The van der Waals surface area contributed by atoms with Crippen molar-refractivity contribution in [3.63, 3.8) is 0 Å². The molecule has 0 aliphatic carbocycles. The van der Waals surface area contributed by atoms with Crippen LogP contribution in [0.4, 0.5) is 0 Å². The second kappa shape index (κ2) is 8.80. The molecule has 4 rings (SSSR count). The number of halogens is 1. The Bertz CT molecular complexity index is 1270. The summed E-state index contributed by atoms with van der Waals surface area (Å²) in [7, 11) is 0. The normalized spacial score (nSPS) is 11.1. The summed E-state index contributed by atoms with van der Waals surface area (Å²) in [5.41, 5.74) is 1.75. The molecule has 0 bridgehead atoms. The number of esters is 1. The Kier molecular flexibility index (Phi) is 5.77. The molecule has 0 radical (unpaired) electrons. The van der Waals surface area contributed by atoms with Crippen LogP contribution in [0.25, 0.3) is 28.2 Å². The van der Waals surface area contributed by atoms with E-state index in [-0.39, 0.29) is 6.61 Å². The monoisotopic (exact) mass is 416 g/mol. The van der Waals surface area contributed by atoms with Crippen LogP contribution < -0.4 is 5.63 Å². The lowest BCUT2D eigenvalue weighted by atomic mass is 10.0. The predicted molar refractivity (Wildman–Crippen MR) is 118 cm³/mol. The molecule has 0 amide bonds. The Labute approximate surface area is 178 Å². The lowest BCUT2D eigenvalue weighted by Gasteiger charge is -2.09. The minimum Gasteiger partial charge on any atom is -0.458 e. The first-order chi connectivity index (χ1) is 14.6. The molecule has 3 aromatic carbocycles. The lowest BCUT2D eigenvalue weighted by Crippen LogP contribution is -2.04. The summed E-state index contributed by atoms with van der Waals surface area (Å²) in [5.74, 6) is -0.126. The van der Waals surface area contributed by atoms with Gasteiger partial charge in [0, 0.05) is 22.2 Å². The average molecular weight is 417 g/mol. The highest BCUT2D eigenvalue weighted by molar-refractivity contribution is 6.30. The van der Waals surface area contributed by atoms with Gasteiger partial charge in [0.2, 0.25) is 0 Å². The molecule has 0 spiro atoms. The van der Waals surface area contributed by atoms with Gasteiger partial charge >= 0.3 is 11.6 Å². The van der Waals surface area contributed by atoms with Crippen molar-refractivity contribution in [1.29, 1.82) is 0 Å². The molecule has 0 fully saturated rings. The number of ether oxygens (including phenoxy) is 1. The number of hydrogen-bond acceptors (Lipinski definition) is 4. The molecular formula is C25H17ClO4. The molecule has 4 nitrogen and oxygen atoms in total. The third kappa shape index (κ3) is 4.34. The molecule has 1 aromatic heterocycles. The molecule has 0 unspecified atom stereocenters. The van der Waals surface area contributed by atoms with Crippen LogP contribution in [0.3, 0.4) is 0 Å². The third-order valence-corrected chi connectivity index (χ3v) is 4.84. The van der Waals surface area contributed by atoms with Crippen molar-refractivity contribution >= 4 is 34.4 Å². The third-order valence-electron chi connectivity index (χ3n) is 4.59. The average Bonchev–Trinajstić information content (AvgIpc) is 2.78. The molecular weight excluding hydrogens is 400 g/mol. The van der Waals surface area contributed by atoms with Crippen molar-refractivity contribution in [2.24, 2.45) is 0 Å². The minimum atomic E-state index is -0.490. The van der Waals surface area contributed by atoms with Crippen LogP contribution in [0, 0.1) is 0 Å². The van der Waals surface area contributed by atoms with Crippen molar-refractivity contribution in [2.45, 2.75) is 6.61 Å². The van der Waals surface area contributed by atoms with E-state index in [9.17, 15) is 9.59 Å². The number of rotatable bonds is 5. The standard InChI is InChI=1S/C25H17ClO4/c26-19-12-10-18(11-13-19)24-21(20-8-4-5-9-22(20)25(28)30-24)14-15-23(27)29-16-17-6-2-1-3-7-17/h1-15H,16H2/b15-14+. The van der Waals surface area contributed by atoms with Gasteiger partial charge in [0.25, 0.3) is 0 Å². The van der Waals surface area contributed by atoms with Crippen LogP contribution in [-0.4, -0.2) is 5.97 Å². The maximum absolute atomic E-state index is 12.5. The summed E-state index contributed by atoms with van der Waals surface area (Å²) in [6, 6.07) is 23.5. The molecule has 1 heterocycles. The van der Waals surface area contributed by atoms with Crippen molar-refractivity contribution < 1.29 is 13.9 Å². The predicted octanol–water partition coefficient (Wildman–Crippen LogP) is 5.87. The van der Waals surface area contributed by atoms with Gasteiger partial charge in [-0.25, -0.2) is 9.59 Å². The summed E-state index contributed by atoms with van der Waals surface area (Å²) < 4.78 is 10.9. The fourth-order valence-electron chi connectivity index (χ4n) is 3.13. The quantitative estimate of drug-likeness (QED) is 0.301. The zero-order valence-corrected chi connectivity index (χ0v) is 16.6. The highest BCUT2D eigenvalue weighted by atomic mass is 35.5. The number of fused-ring (bicyclic) bond motifs is 1. The summed E-state index contributed by atoms with van der Waals surface area (Å²) in [4.78, 5) is 24.7. The van der Waals surface area contributed by atoms with Crippen molar-refractivity contribution in [2.75, 3.05) is 0 Å². The van der Waals surface area contributed by atoms with E-state index in [4.69, 9.17) is 20.8 Å². The van der Waals surface area contributed by atoms with Crippen molar-refractivity contribution in [1.82, 2.24) is 0 Å². The van der Waals surface area contributed by atoms with Crippen LogP contribution in [-0.2, 0) is 16.1 Å². The Morgan fingerprint density at radius 1 is 0.900 bits per heavy atom. The zero-order valence-electron chi connectivity index (χ0n) is 15.9. The molecule has 0 atom stereocenters. The van der Waals surface area contributed by atoms with E-state index in [0.717, 1.165) is 5.56 Å². The summed E-state index contributed by atoms with van der Waals surface area (Å²) in [6.45, 7) is 0.179. The van der Waals surface area contributed by atoms with Crippen molar-refractivity contribution in [3.8, 4) is 11.3 Å². The fraction of sp³-hybridized carbons (Fsp3) is 0.0400. The summed E-state index contributed by atoms with van der Waals surface area (Å²) >= 11 is 5.99. The summed E-state index contributed by atoms with van der Waals surface area (Å²) in [5, 5.41) is 1.70. The molecule has 148 valence electrons. The van der Waals surface area contributed by atoms with Gasteiger partial charge in [-0.15, -0.1) is 0 Å². The number of hydrogen-bond donors (Lipinski definition) is 0. The van der Waals surface area contributed by atoms with E-state index in [0.29, 0.717) is 32.7 Å². The Morgan fingerprint density at radius 3 is 2.30 bits per heavy atom. The van der Waals surface area contributed by atoms with Gasteiger partial charge in [0.05, 0.1) is 5.39 Å². The SMILES string of the molecule is O=C(/C=C/c1c(-c2ccc(Cl)cc2)oc(=O)c2ccccc12)OCc1ccccc1. The van der Waals surface area contributed by atoms with E-state index in [1.807, 2.05) is 42.5 Å². The van der Waals surface area contributed by atoms with Crippen LogP contribution >= 0.6 is 11.6 Å². The maximum atomic E-state index is 12.5. The largest absolute Gasteiger partial charge is 0.458 e. The Hall–Kier alpha value is -3.63. The van der Waals surface area contributed by atoms with Gasteiger partial charge < -0.3 is 9.15 Å². The van der Waals surface area contributed by atoms with Crippen LogP contribution in [0.2, 0.25) is 5.02 Å². The molecule has 0 saturated heterocycles. The Balaban J connectivity index is 1.71. The minimum absolute atomic E-state index is 0.179. The lowest BCUT2D eigenvalue weighted by molar-refractivity contribution is -0.138. The van der Waals surface area contributed by atoms with E-state index < -0.39 is 11.6 Å². The number of benzene rings is 3. The highest BCUT2D eigenvalue weighted by Crippen LogP contribution is 2.30. The molecule has 0 N–H and O–H groups in total. The number of carbonyl (C=O) groups excluding carboxylic acids is 1. The first kappa shape index (κ1) is 19.7. The first-order valence-corrected chi connectivity index (χ1v) is 9.70. The van der Waals surface area contributed by atoms with E-state index in [1.165, 1.54) is 6.08 Å². The molecule has 30 heavy (non-hydrogen) atoms. The van der Waals surface area contributed by atoms with Gasteiger partial charge in [0.1, 0.15) is 12.4 Å². The van der Waals surface area contributed by atoms with Gasteiger partial charge in [-0.3, -0.25) is 0 Å². The molecule has 5 heteroatoms. The van der Waals surface area contributed by atoms with Crippen molar-refractivity contribution in [3.05, 3.63) is 112 Å². The van der Waals surface area contributed by atoms with Gasteiger partial charge in [0.15, 0.2) is 0 Å². The van der Waals surface area contributed by atoms with Crippen LogP contribution in [0.5, 0.6) is 0 Å². The maximum Gasteiger partial charge on any atom is 0.344 e. The van der Waals surface area contributed by atoms with Gasteiger partial charge in [-0.2, -0.15) is 0 Å². The van der Waals surface area contributed by atoms with E-state index in [2.05, 4.69) is 0 Å². The summed E-state index contributed by atoms with van der Waals surface area (Å²) in [6.07, 6.45) is 2.95. The van der Waals surface area contributed by atoms with Crippen LogP contribution in [0.15, 0.2) is 94.2 Å². The molecule has 0 aliphatic heterocycles. The van der Waals surface area contributed by atoms with E-state index >= 15 is 0 Å².